The van der Waals surface area contributed by atoms with Gasteiger partial charge in [0.15, 0.2) is 0 Å². The largest absolute Gasteiger partial charge is 0.301 e. The summed E-state index contributed by atoms with van der Waals surface area (Å²) in [5.41, 5.74) is 8.12. The first-order chi connectivity index (χ1) is 14.3. The first kappa shape index (κ1) is 18.3. The van der Waals surface area contributed by atoms with E-state index in [0.717, 1.165) is 36.4 Å². The highest BCUT2D eigenvalue weighted by Crippen LogP contribution is 2.29. The minimum absolute atomic E-state index is 0.941. The number of fused-ring (bicyclic) bond motifs is 1. The fourth-order valence-electron chi connectivity index (χ4n) is 4.37. The van der Waals surface area contributed by atoms with Crippen LogP contribution in [-0.2, 0) is 6.54 Å². The summed E-state index contributed by atoms with van der Waals surface area (Å²) in [6.45, 7) is 5.42. The van der Waals surface area contributed by atoms with Crippen molar-refractivity contribution >= 4 is 17.6 Å². The van der Waals surface area contributed by atoms with Crippen molar-refractivity contribution in [3.8, 4) is 11.3 Å². The number of hydrogen-bond acceptors (Lipinski definition) is 3. The maximum absolute atomic E-state index is 5.04. The van der Waals surface area contributed by atoms with Gasteiger partial charge in [-0.05, 0) is 57.8 Å². The van der Waals surface area contributed by atoms with Gasteiger partial charge in [0, 0.05) is 30.1 Å². The molecular weight excluding hydrogens is 356 g/mol. The molecule has 0 bridgehead atoms. The standard InChI is InChI=1S/C25H28N4/c1-19-8-10-20(11-9-19)25-23(18-28-15-5-2-6-16-28)29-17-21(12-13-24(29)27-25)22-7-3-4-14-26-22/h7-14,17H,2-6,15-16,18H2,1H3. The molecule has 1 aromatic carbocycles. The molecule has 0 unspecified atom stereocenters. The van der Waals surface area contributed by atoms with E-state index in [1.165, 1.54) is 54.7 Å². The van der Waals surface area contributed by atoms with Gasteiger partial charge in [-0.3, -0.25) is 9.89 Å². The van der Waals surface area contributed by atoms with E-state index in [1.807, 2.05) is 6.21 Å². The highest BCUT2D eigenvalue weighted by molar-refractivity contribution is 5.77. The third-order valence-corrected chi connectivity index (χ3v) is 6.02. The van der Waals surface area contributed by atoms with E-state index in [-0.39, 0.29) is 0 Å². The van der Waals surface area contributed by atoms with E-state index in [9.17, 15) is 0 Å². The molecule has 148 valence electrons. The zero-order chi connectivity index (χ0) is 19.6. The van der Waals surface area contributed by atoms with Crippen LogP contribution < -0.4 is 0 Å². The number of rotatable bonds is 4. The maximum Gasteiger partial charge on any atom is 0.137 e. The Labute approximate surface area is 172 Å². The van der Waals surface area contributed by atoms with Gasteiger partial charge in [-0.15, -0.1) is 0 Å². The minimum atomic E-state index is 0.941. The number of nitrogens with zero attached hydrogens (tertiary/aromatic N) is 4. The molecule has 0 saturated carbocycles. The summed E-state index contributed by atoms with van der Waals surface area (Å²) in [5, 5.41) is 0. The van der Waals surface area contributed by atoms with Crippen LogP contribution in [0.2, 0.25) is 0 Å². The van der Waals surface area contributed by atoms with Crippen LogP contribution in [0, 0.1) is 6.92 Å². The van der Waals surface area contributed by atoms with E-state index in [2.05, 4.69) is 69.9 Å². The molecule has 4 nitrogen and oxygen atoms in total. The second-order valence-electron chi connectivity index (χ2n) is 8.23. The van der Waals surface area contributed by atoms with Crippen LogP contribution >= 0.6 is 0 Å². The maximum atomic E-state index is 5.04. The molecule has 29 heavy (non-hydrogen) atoms. The van der Waals surface area contributed by atoms with Crippen LogP contribution in [0.4, 0.5) is 0 Å². The number of aromatic nitrogens is 2. The van der Waals surface area contributed by atoms with E-state index in [0.29, 0.717) is 0 Å². The summed E-state index contributed by atoms with van der Waals surface area (Å²) in [5.74, 6) is 0. The fraction of sp³-hybridized carbons (Fsp3) is 0.360. The number of aliphatic imine (C=N–C) groups is 1. The molecule has 1 saturated heterocycles. The van der Waals surface area contributed by atoms with Gasteiger partial charge in [0.05, 0.1) is 17.1 Å². The van der Waals surface area contributed by atoms with Crippen LogP contribution in [0.3, 0.4) is 0 Å². The minimum Gasteiger partial charge on any atom is -0.301 e. The summed E-state index contributed by atoms with van der Waals surface area (Å²) < 4.78 is 2.30. The number of allylic oxidation sites excluding steroid dienone is 1. The van der Waals surface area contributed by atoms with Crippen molar-refractivity contribution in [2.75, 3.05) is 13.1 Å². The van der Waals surface area contributed by atoms with Crippen molar-refractivity contribution in [3.05, 3.63) is 65.5 Å². The number of imidazole rings is 1. The number of likely N-dealkylation sites (tertiary alicyclic amines) is 1. The molecule has 4 heteroatoms. The van der Waals surface area contributed by atoms with Crippen molar-refractivity contribution in [2.24, 2.45) is 4.99 Å². The highest BCUT2D eigenvalue weighted by atomic mass is 15.2. The van der Waals surface area contributed by atoms with Crippen LogP contribution in [0.5, 0.6) is 0 Å². The molecule has 3 aromatic rings. The Morgan fingerprint density at radius 1 is 0.897 bits per heavy atom. The zero-order valence-electron chi connectivity index (χ0n) is 17.1. The predicted octanol–water partition coefficient (Wildman–Crippen LogP) is 5.50. The lowest BCUT2D eigenvalue weighted by Gasteiger charge is -2.26. The zero-order valence-corrected chi connectivity index (χ0v) is 17.1. The summed E-state index contributed by atoms with van der Waals surface area (Å²) in [7, 11) is 0. The predicted molar refractivity (Wildman–Crippen MR) is 120 cm³/mol. The Kier molecular flexibility index (Phi) is 5.03. The Bertz CT molecular complexity index is 1070. The van der Waals surface area contributed by atoms with Crippen LogP contribution in [0.25, 0.3) is 22.6 Å². The van der Waals surface area contributed by atoms with E-state index in [4.69, 9.17) is 4.98 Å². The third kappa shape index (κ3) is 3.77. The SMILES string of the molecule is Cc1ccc(-c2nc3ccc(C4=CCCC=N4)cn3c2CN2CCCCC2)cc1. The van der Waals surface area contributed by atoms with Crippen LogP contribution in [-0.4, -0.2) is 33.6 Å². The Morgan fingerprint density at radius 2 is 1.69 bits per heavy atom. The van der Waals surface area contributed by atoms with Gasteiger partial charge >= 0.3 is 0 Å². The molecule has 0 amide bonds. The molecule has 0 atom stereocenters. The molecule has 0 aliphatic carbocycles. The van der Waals surface area contributed by atoms with Gasteiger partial charge in [0.25, 0.3) is 0 Å². The van der Waals surface area contributed by atoms with Crippen LogP contribution in [0.15, 0.2) is 53.7 Å². The van der Waals surface area contributed by atoms with Crippen molar-refractivity contribution in [2.45, 2.75) is 45.6 Å². The number of aryl methyl sites for hydroxylation is 1. The van der Waals surface area contributed by atoms with Gasteiger partial charge in [-0.2, -0.15) is 0 Å². The molecule has 2 aromatic heterocycles. The Morgan fingerprint density at radius 3 is 2.45 bits per heavy atom. The van der Waals surface area contributed by atoms with Gasteiger partial charge in [0.2, 0.25) is 0 Å². The van der Waals surface area contributed by atoms with Gasteiger partial charge in [-0.25, -0.2) is 4.98 Å². The molecule has 5 rings (SSSR count). The Balaban J connectivity index is 1.62. The van der Waals surface area contributed by atoms with Crippen molar-refractivity contribution in [1.29, 1.82) is 0 Å². The second-order valence-corrected chi connectivity index (χ2v) is 8.23. The molecular formula is C25H28N4. The Hall–Kier alpha value is -2.72. The lowest BCUT2D eigenvalue weighted by Crippen LogP contribution is -2.29. The first-order valence-electron chi connectivity index (χ1n) is 10.8. The molecule has 0 N–H and O–H groups in total. The van der Waals surface area contributed by atoms with Crippen LogP contribution in [0.1, 0.15) is 48.9 Å². The smallest absolute Gasteiger partial charge is 0.137 e. The number of hydrogen-bond donors (Lipinski definition) is 0. The molecule has 0 radical (unpaired) electrons. The number of benzene rings is 1. The van der Waals surface area contributed by atoms with Crippen molar-refractivity contribution in [3.63, 3.8) is 0 Å². The third-order valence-electron chi connectivity index (χ3n) is 6.02. The van der Waals surface area contributed by atoms with Gasteiger partial charge < -0.3 is 4.40 Å². The molecule has 1 fully saturated rings. The molecule has 4 heterocycles. The average Bonchev–Trinajstić information content (AvgIpc) is 3.13. The molecule has 0 spiro atoms. The fourth-order valence-corrected chi connectivity index (χ4v) is 4.37. The van der Waals surface area contributed by atoms with E-state index >= 15 is 0 Å². The highest BCUT2D eigenvalue weighted by Gasteiger charge is 2.19. The monoisotopic (exact) mass is 384 g/mol. The first-order valence-corrected chi connectivity index (χ1v) is 10.8. The molecule has 2 aliphatic rings. The lowest BCUT2D eigenvalue weighted by atomic mass is 10.1. The number of pyridine rings is 1. The topological polar surface area (TPSA) is 32.9 Å². The van der Waals surface area contributed by atoms with Gasteiger partial charge in [-0.1, -0.05) is 42.3 Å². The quantitative estimate of drug-likeness (QED) is 0.595. The van der Waals surface area contributed by atoms with Gasteiger partial charge in [0.1, 0.15) is 5.65 Å². The number of piperidine rings is 1. The summed E-state index contributed by atoms with van der Waals surface area (Å²) in [4.78, 5) is 12.2. The van der Waals surface area contributed by atoms with Crippen molar-refractivity contribution < 1.29 is 0 Å². The average molecular weight is 385 g/mol. The van der Waals surface area contributed by atoms with E-state index < -0.39 is 0 Å². The normalized spacial score (nSPS) is 17.6. The summed E-state index contributed by atoms with van der Waals surface area (Å²) >= 11 is 0. The second kappa shape index (κ2) is 7.96. The lowest BCUT2D eigenvalue weighted by molar-refractivity contribution is 0.218. The summed E-state index contributed by atoms with van der Waals surface area (Å²) in [6, 6.07) is 13.0. The van der Waals surface area contributed by atoms with E-state index in [1.54, 1.807) is 0 Å². The van der Waals surface area contributed by atoms with Crippen molar-refractivity contribution in [1.82, 2.24) is 14.3 Å². The molecule has 2 aliphatic heterocycles. The summed E-state index contributed by atoms with van der Waals surface area (Å²) in [6.07, 6.45) is 12.5.